The first kappa shape index (κ1) is 20.8. The summed E-state index contributed by atoms with van der Waals surface area (Å²) in [6.07, 6.45) is 0.380. The number of aromatic nitrogens is 2. The predicted molar refractivity (Wildman–Crippen MR) is 114 cm³/mol. The highest BCUT2D eigenvalue weighted by Crippen LogP contribution is 2.13. The molecule has 7 heteroatoms. The Morgan fingerprint density at radius 2 is 1.72 bits per heavy atom. The van der Waals surface area contributed by atoms with E-state index in [0.717, 1.165) is 22.6 Å². The van der Waals surface area contributed by atoms with Gasteiger partial charge in [-0.1, -0.05) is 30.3 Å². The molecule has 0 saturated carbocycles. The molecule has 0 saturated heterocycles. The first-order valence-corrected chi connectivity index (χ1v) is 11.3. The van der Waals surface area contributed by atoms with Gasteiger partial charge in [0.05, 0.1) is 22.9 Å². The van der Waals surface area contributed by atoms with Gasteiger partial charge >= 0.3 is 0 Å². The quantitative estimate of drug-likeness (QED) is 0.577. The van der Waals surface area contributed by atoms with Crippen molar-refractivity contribution in [1.29, 1.82) is 0 Å². The highest BCUT2D eigenvalue weighted by molar-refractivity contribution is 7.90. The number of nitrogens with one attached hydrogen (secondary N) is 1. The highest BCUT2D eigenvalue weighted by Gasteiger charge is 2.12. The van der Waals surface area contributed by atoms with Crippen molar-refractivity contribution in [3.05, 3.63) is 83.2 Å². The van der Waals surface area contributed by atoms with Crippen LogP contribution in [0, 0.1) is 13.8 Å². The van der Waals surface area contributed by atoms with E-state index in [0.29, 0.717) is 18.5 Å². The van der Waals surface area contributed by atoms with E-state index < -0.39 is 9.84 Å². The van der Waals surface area contributed by atoms with Crippen LogP contribution in [0.4, 0.5) is 0 Å². The lowest BCUT2D eigenvalue weighted by molar-refractivity contribution is 0.0953. The molecule has 3 rings (SSSR count). The van der Waals surface area contributed by atoms with Crippen molar-refractivity contribution < 1.29 is 13.2 Å². The van der Waals surface area contributed by atoms with Crippen molar-refractivity contribution in [2.45, 2.75) is 26.0 Å². The number of hydrogen-bond donors (Lipinski definition) is 1. The largest absolute Gasteiger partial charge is 0.352 e. The molecule has 2 aromatic carbocycles. The lowest BCUT2D eigenvalue weighted by Gasteiger charge is -2.08. The molecule has 0 aliphatic carbocycles. The van der Waals surface area contributed by atoms with Crippen molar-refractivity contribution >= 4 is 15.7 Å². The predicted octanol–water partition coefficient (Wildman–Crippen LogP) is 3.22. The molecule has 0 radical (unpaired) electrons. The van der Waals surface area contributed by atoms with E-state index >= 15 is 0 Å². The van der Waals surface area contributed by atoms with Crippen molar-refractivity contribution in [1.82, 2.24) is 15.1 Å². The van der Waals surface area contributed by atoms with Gasteiger partial charge in [0, 0.05) is 17.8 Å². The summed E-state index contributed by atoms with van der Waals surface area (Å²) < 4.78 is 26.2. The monoisotopic (exact) mass is 411 g/mol. The third-order valence-electron chi connectivity index (χ3n) is 4.53. The molecule has 0 aliphatic heterocycles. The molecule has 6 nitrogen and oxygen atoms in total. The Labute approximate surface area is 171 Å². The van der Waals surface area contributed by atoms with Gasteiger partial charge in [0.2, 0.25) is 0 Å². The fourth-order valence-corrected chi connectivity index (χ4v) is 4.57. The Hall–Kier alpha value is -2.93. The molecule has 1 amide bonds. The summed E-state index contributed by atoms with van der Waals surface area (Å²) in [5.41, 5.74) is 4.16. The minimum absolute atomic E-state index is 0.0234. The second-order valence-corrected chi connectivity index (χ2v) is 9.26. The number of carbonyl (C=O) groups is 1. The molecule has 0 aliphatic rings. The minimum atomic E-state index is -3.20. The maximum atomic E-state index is 12.3. The van der Waals surface area contributed by atoms with E-state index in [2.05, 4.69) is 10.4 Å². The van der Waals surface area contributed by atoms with Gasteiger partial charge in [0.25, 0.3) is 5.91 Å². The minimum Gasteiger partial charge on any atom is -0.352 e. The lowest BCUT2D eigenvalue weighted by atomic mass is 10.2. The van der Waals surface area contributed by atoms with E-state index in [1.54, 1.807) is 24.3 Å². The van der Waals surface area contributed by atoms with Crippen LogP contribution in [0.25, 0.3) is 5.69 Å². The Morgan fingerprint density at radius 3 is 2.34 bits per heavy atom. The van der Waals surface area contributed by atoms with E-state index in [1.807, 2.05) is 54.9 Å². The lowest BCUT2D eigenvalue weighted by Crippen LogP contribution is -2.26. The third kappa shape index (κ3) is 5.77. The van der Waals surface area contributed by atoms with E-state index in [9.17, 15) is 13.2 Å². The van der Waals surface area contributed by atoms with Crippen molar-refractivity contribution in [3.8, 4) is 5.69 Å². The molecule has 29 heavy (non-hydrogen) atoms. The highest BCUT2D eigenvalue weighted by atomic mass is 32.2. The molecule has 0 atom stereocenters. The van der Waals surface area contributed by atoms with E-state index in [1.165, 1.54) is 0 Å². The molecule has 1 N–H and O–H groups in total. The molecule has 1 aromatic heterocycles. The van der Waals surface area contributed by atoms with Crippen LogP contribution in [-0.2, 0) is 15.6 Å². The zero-order valence-electron chi connectivity index (χ0n) is 16.6. The molecular formula is C22H25N3O3S. The van der Waals surface area contributed by atoms with Crippen LogP contribution in [-0.4, -0.2) is 36.4 Å². The molecule has 0 unspecified atom stereocenters. The van der Waals surface area contributed by atoms with E-state index in [-0.39, 0.29) is 17.4 Å². The van der Waals surface area contributed by atoms with Crippen LogP contribution in [0.15, 0.2) is 60.7 Å². The number of rotatable bonds is 8. The molecule has 0 spiro atoms. The summed E-state index contributed by atoms with van der Waals surface area (Å²) in [7, 11) is -3.20. The summed E-state index contributed by atoms with van der Waals surface area (Å²) in [5, 5.41) is 7.21. The van der Waals surface area contributed by atoms with Crippen LogP contribution in [0.2, 0.25) is 0 Å². The molecule has 0 fully saturated rings. The number of amides is 1. The number of hydrogen-bond acceptors (Lipinski definition) is 4. The SMILES string of the molecule is Cc1cc(C)n(-c2ccc(C(=O)NCCCS(=O)(=O)Cc3ccccc3)cc2)n1. The van der Waals surface area contributed by atoms with E-state index in [4.69, 9.17) is 0 Å². The Kier molecular flexibility index (Phi) is 6.49. The third-order valence-corrected chi connectivity index (χ3v) is 6.21. The zero-order chi connectivity index (χ0) is 20.9. The Bertz CT molecular complexity index is 1070. The van der Waals surface area contributed by atoms with Crippen LogP contribution in [0.1, 0.15) is 33.7 Å². The number of sulfone groups is 1. The van der Waals surface area contributed by atoms with Crippen LogP contribution >= 0.6 is 0 Å². The average molecular weight is 412 g/mol. The van der Waals surface area contributed by atoms with Crippen LogP contribution in [0.5, 0.6) is 0 Å². The topological polar surface area (TPSA) is 81.1 Å². The van der Waals surface area contributed by atoms with Gasteiger partial charge in [-0.3, -0.25) is 4.79 Å². The second kappa shape index (κ2) is 9.05. The molecule has 3 aromatic rings. The van der Waals surface area contributed by atoms with Crippen molar-refractivity contribution in [2.24, 2.45) is 0 Å². The van der Waals surface area contributed by atoms with Crippen molar-refractivity contribution in [2.75, 3.05) is 12.3 Å². The summed E-state index contributed by atoms with van der Waals surface area (Å²) in [6, 6.07) is 18.3. The van der Waals surface area contributed by atoms with Crippen LogP contribution in [0.3, 0.4) is 0 Å². The maximum Gasteiger partial charge on any atom is 0.251 e. The number of carbonyl (C=O) groups excluding carboxylic acids is 1. The van der Waals surface area contributed by atoms with Gasteiger partial charge in [-0.2, -0.15) is 5.10 Å². The fraction of sp³-hybridized carbons (Fsp3) is 0.273. The Morgan fingerprint density at radius 1 is 1.03 bits per heavy atom. The Balaban J connectivity index is 1.49. The van der Waals surface area contributed by atoms with Gasteiger partial charge in [-0.05, 0) is 56.2 Å². The number of aryl methyl sites for hydroxylation is 2. The van der Waals surface area contributed by atoms with Crippen LogP contribution < -0.4 is 5.32 Å². The average Bonchev–Trinajstić information content (AvgIpc) is 3.03. The summed E-state index contributed by atoms with van der Waals surface area (Å²) in [4.78, 5) is 12.3. The summed E-state index contributed by atoms with van der Waals surface area (Å²) >= 11 is 0. The number of benzene rings is 2. The van der Waals surface area contributed by atoms with Gasteiger partial charge in [0.15, 0.2) is 9.84 Å². The van der Waals surface area contributed by atoms with Gasteiger partial charge in [-0.25, -0.2) is 13.1 Å². The van der Waals surface area contributed by atoms with Gasteiger partial charge in [0.1, 0.15) is 0 Å². The molecule has 152 valence electrons. The fourth-order valence-electron chi connectivity index (χ4n) is 3.14. The summed E-state index contributed by atoms with van der Waals surface area (Å²) in [5.74, 6) is -0.153. The van der Waals surface area contributed by atoms with Gasteiger partial charge < -0.3 is 5.32 Å². The first-order chi connectivity index (χ1) is 13.8. The first-order valence-electron chi connectivity index (χ1n) is 9.50. The maximum absolute atomic E-state index is 12.3. The normalized spacial score (nSPS) is 11.4. The molecular weight excluding hydrogens is 386 g/mol. The number of nitrogens with zero attached hydrogens (tertiary/aromatic N) is 2. The molecule has 1 heterocycles. The van der Waals surface area contributed by atoms with Crippen molar-refractivity contribution in [3.63, 3.8) is 0 Å². The molecule has 0 bridgehead atoms. The smallest absolute Gasteiger partial charge is 0.251 e. The second-order valence-electron chi connectivity index (χ2n) is 7.07. The standard InChI is InChI=1S/C22H25N3O3S/c1-17-15-18(2)25(24-17)21-11-9-20(10-12-21)22(26)23-13-6-14-29(27,28)16-19-7-4-3-5-8-19/h3-5,7-12,15H,6,13-14,16H2,1-2H3,(H,23,26). The summed E-state index contributed by atoms with van der Waals surface area (Å²) in [6.45, 7) is 4.23. The zero-order valence-corrected chi connectivity index (χ0v) is 17.4. The van der Waals surface area contributed by atoms with Gasteiger partial charge in [-0.15, -0.1) is 0 Å².